The summed E-state index contributed by atoms with van der Waals surface area (Å²) in [6, 6.07) is 6.82. The first-order chi connectivity index (χ1) is 12.6. The average molecular weight is 468 g/mol. The summed E-state index contributed by atoms with van der Waals surface area (Å²) in [7, 11) is 1.64. The maximum absolute atomic E-state index is 12.0. The molecule has 0 spiro atoms. The third-order valence-electron chi connectivity index (χ3n) is 3.48. The van der Waals surface area contributed by atoms with Crippen molar-refractivity contribution in [2.45, 2.75) is 29.8 Å². The molecule has 1 aromatic carbocycles. The van der Waals surface area contributed by atoms with Crippen LogP contribution in [0.2, 0.25) is 0 Å². The van der Waals surface area contributed by atoms with Crippen molar-refractivity contribution in [1.82, 2.24) is 10.2 Å². The predicted octanol–water partition coefficient (Wildman–Crippen LogP) is 4.51. The Bertz CT molecular complexity index is 764. The van der Waals surface area contributed by atoms with Crippen LogP contribution in [0.1, 0.15) is 25.3 Å². The first kappa shape index (κ1) is 22.3. The van der Waals surface area contributed by atoms with E-state index in [0.29, 0.717) is 27.8 Å². The third-order valence-corrected chi connectivity index (χ3v) is 5.56. The van der Waals surface area contributed by atoms with Gasteiger partial charge in [0.25, 0.3) is 5.91 Å². The molecule has 0 aliphatic carbocycles. The number of hydrogen-bond donors (Lipinski definition) is 1. The Morgan fingerprint density at radius 3 is 2.48 bits per heavy atom. The Balaban J connectivity index is 2.10. The molecule has 1 saturated heterocycles. The molecule has 1 fully saturated rings. The SMILES string of the molecule is CCCC(=O)NC(Oc1ccc(/C=C2\SC(=S)N(C)C2=O)cc1)C(Cl)(Cl)Cl. The minimum atomic E-state index is -1.84. The van der Waals surface area contributed by atoms with Crippen molar-refractivity contribution in [3.05, 3.63) is 34.7 Å². The van der Waals surface area contributed by atoms with E-state index >= 15 is 0 Å². The molecule has 2 amide bonds. The molecule has 2 rings (SSSR count). The fourth-order valence-corrected chi connectivity index (χ4v) is 3.58. The quantitative estimate of drug-likeness (QED) is 0.289. The first-order valence-corrected chi connectivity index (χ1v) is 10.3. The monoisotopic (exact) mass is 466 g/mol. The van der Waals surface area contributed by atoms with Gasteiger partial charge in [-0.3, -0.25) is 14.5 Å². The molecule has 0 radical (unpaired) electrons. The number of nitrogens with one attached hydrogen (secondary N) is 1. The minimum Gasteiger partial charge on any atom is -0.466 e. The lowest BCUT2D eigenvalue weighted by atomic mass is 10.2. The highest BCUT2D eigenvalue weighted by Crippen LogP contribution is 2.33. The zero-order valence-corrected chi connectivity index (χ0v) is 18.4. The molecule has 146 valence electrons. The lowest BCUT2D eigenvalue weighted by Crippen LogP contribution is -2.47. The van der Waals surface area contributed by atoms with E-state index in [-0.39, 0.29) is 11.8 Å². The molecule has 1 heterocycles. The van der Waals surface area contributed by atoms with Crippen molar-refractivity contribution in [3.8, 4) is 5.75 Å². The van der Waals surface area contributed by atoms with Crippen LogP contribution in [0.25, 0.3) is 6.08 Å². The van der Waals surface area contributed by atoms with Crippen LogP contribution in [-0.2, 0) is 9.59 Å². The van der Waals surface area contributed by atoms with Gasteiger partial charge in [0.05, 0.1) is 4.91 Å². The molecule has 1 aliphatic rings. The Kier molecular flexibility index (Phi) is 7.83. The Morgan fingerprint density at radius 2 is 2.00 bits per heavy atom. The lowest BCUT2D eigenvalue weighted by Gasteiger charge is -2.26. The molecule has 0 bridgehead atoms. The second kappa shape index (κ2) is 9.47. The number of thiocarbonyl (C=S) groups is 1. The molecule has 27 heavy (non-hydrogen) atoms. The molecule has 10 heteroatoms. The van der Waals surface area contributed by atoms with E-state index in [1.807, 2.05) is 6.92 Å². The van der Waals surface area contributed by atoms with E-state index in [1.165, 1.54) is 16.7 Å². The Labute approximate surface area is 182 Å². The normalized spacial score (nSPS) is 17.4. The molecular weight excluding hydrogens is 451 g/mol. The van der Waals surface area contributed by atoms with Crippen molar-refractivity contribution in [2.75, 3.05) is 7.05 Å². The van der Waals surface area contributed by atoms with Crippen LogP contribution in [0.15, 0.2) is 29.2 Å². The van der Waals surface area contributed by atoms with Crippen molar-refractivity contribution in [3.63, 3.8) is 0 Å². The van der Waals surface area contributed by atoms with Crippen molar-refractivity contribution in [2.24, 2.45) is 0 Å². The van der Waals surface area contributed by atoms with Crippen LogP contribution < -0.4 is 10.1 Å². The van der Waals surface area contributed by atoms with Gasteiger partial charge in [-0.2, -0.15) is 0 Å². The number of amides is 2. The number of nitrogens with zero attached hydrogens (tertiary/aromatic N) is 1. The largest absolute Gasteiger partial charge is 0.466 e. The summed E-state index contributed by atoms with van der Waals surface area (Å²) in [5.74, 6) is -0.00409. The number of benzene rings is 1. The number of carbonyl (C=O) groups is 2. The van der Waals surface area contributed by atoms with E-state index in [1.54, 1.807) is 37.4 Å². The highest BCUT2D eigenvalue weighted by Gasteiger charge is 2.36. The van der Waals surface area contributed by atoms with Crippen molar-refractivity contribution >= 4 is 81.0 Å². The number of alkyl halides is 3. The highest BCUT2D eigenvalue weighted by atomic mass is 35.6. The Morgan fingerprint density at radius 1 is 1.37 bits per heavy atom. The van der Waals surface area contributed by atoms with E-state index in [9.17, 15) is 9.59 Å². The average Bonchev–Trinajstić information content (AvgIpc) is 2.82. The third kappa shape index (κ3) is 6.26. The fourth-order valence-electron chi connectivity index (χ4n) is 2.10. The second-order valence-electron chi connectivity index (χ2n) is 5.67. The minimum absolute atomic E-state index is 0.139. The summed E-state index contributed by atoms with van der Waals surface area (Å²) in [6.07, 6.45) is 1.57. The standard InChI is InChI=1S/C17H17Cl3N2O3S2/c1-3-4-13(23)21-15(17(18,19)20)25-11-7-5-10(6-8-11)9-12-14(24)22(2)16(26)27-12/h5-9,15H,3-4H2,1-2H3,(H,21,23)/b12-9-. The summed E-state index contributed by atoms with van der Waals surface area (Å²) >= 11 is 24.1. The summed E-state index contributed by atoms with van der Waals surface area (Å²) < 4.78 is 4.30. The summed E-state index contributed by atoms with van der Waals surface area (Å²) in [5.41, 5.74) is 0.789. The molecule has 1 N–H and O–H groups in total. The first-order valence-electron chi connectivity index (χ1n) is 7.96. The maximum Gasteiger partial charge on any atom is 0.265 e. The van der Waals surface area contributed by atoms with Gasteiger partial charge in [-0.05, 0) is 30.2 Å². The lowest BCUT2D eigenvalue weighted by molar-refractivity contribution is -0.123. The molecule has 1 unspecified atom stereocenters. The predicted molar refractivity (Wildman–Crippen MR) is 115 cm³/mol. The number of thioether (sulfide) groups is 1. The molecule has 1 aromatic rings. The van der Waals surface area contributed by atoms with Gasteiger partial charge < -0.3 is 10.1 Å². The van der Waals surface area contributed by atoms with E-state index in [0.717, 1.165) is 5.56 Å². The van der Waals surface area contributed by atoms with E-state index in [4.69, 9.17) is 51.8 Å². The van der Waals surface area contributed by atoms with Gasteiger partial charge in [0.15, 0.2) is 0 Å². The molecule has 5 nitrogen and oxygen atoms in total. The summed E-state index contributed by atoms with van der Waals surface area (Å²) in [4.78, 5) is 25.8. The molecule has 0 saturated carbocycles. The van der Waals surface area contributed by atoms with Crippen LogP contribution in [0.4, 0.5) is 0 Å². The van der Waals surface area contributed by atoms with Gasteiger partial charge in [-0.1, -0.05) is 77.8 Å². The maximum atomic E-state index is 12.0. The van der Waals surface area contributed by atoms with E-state index in [2.05, 4.69) is 5.32 Å². The zero-order valence-electron chi connectivity index (χ0n) is 14.5. The van der Waals surface area contributed by atoms with Gasteiger partial charge >= 0.3 is 0 Å². The molecule has 0 aromatic heterocycles. The molecule has 1 atom stereocenters. The summed E-state index contributed by atoms with van der Waals surface area (Å²) in [6.45, 7) is 1.87. The van der Waals surface area contributed by atoms with Crippen molar-refractivity contribution in [1.29, 1.82) is 0 Å². The highest BCUT2D eigenvalue weighted by molar-refractivity contribution is 8.26. The van der Waals surface area contributed by atoms with E-state index < -0.39 is 10.0 Å². The van der Waals surface area contributed by atoms with Crippen LogP contribution in [0, 0.1) is 0 Å². The zero-order chi connectivity index (χ0) is 20.2. The van der Waals surface area contributed by atoms with Gasteiger partial charge in [-0.25, -0.2) is 0 Å². The summed E-state index contributed by atoms with van der Waals surface area (Å²) in [5, 5.41) is 2.56. The number of ether oxygens (including phenoxy) is 1. The fraction of sp³-hybridized carbons (Fsp3) is 0.353. The van der Waals surface area contributed by atoms with Gasteiger partial charge in [0.2, 0.25) is 15.9 Å². The topological polar surface area (TPSA) is 58.6 Å². The number of likely N-dealkylation sites (N-methyl/N-ethyl adjacent to an activating group) is 1. The smallest absolute Gasteiger partial charge is 0.265 e. The van der Waals surface area contributed by atoms with Crippen LogP contribution >= 0.6 is 58.8 Å². The van der Waals surface area contributed by atoms with Crippen molar-refractivity contribution < 1.29 is 14.3 Å². The molecule has 1 aliphatic heterocycles. The molecular formula is C17H17Cl3N2O3S2. The number of halogens is 3. The van der Waals surface area contributed by atoms with Gasteiger partial charge in [-0.15, -0.1) is 0 Å². The Hall–Kier alpha value is -0.990. The van der Waals surface area contributed by atoms with Gasteiger partial charge in [0, 0.05) is 13.5 Å². The number of carbonyl (C=O) groups excluding carboxylic acids is 2. The second-order valence-corrected chi connectivity index (χ2v) is 9.71. The van der Waals surface area contributed by atoms with Crippen LogP contribution in [0.5, 0.6) is 5.75 Å². The van der Waals surface area contributed by atoms with Gasteiger partial charge in [0.1, 0.15) is 10.1 Å². The number of rotatable bonds is 6. The number of hydrogen-bond acceptors (Lipinski definition) is 5. The van der Waals surface area contributed by atoms with Crippen LogP contribution in [0.3, 0.4) is 0 Å². The van der Waals surface area contributed by atoms with Crippen LogP contribution in [-0.4, -0.2) is 38.1 Å².